The number of benzene rings is 1. The third-order valence-corrected chi connectivity index (χ3v) is 6.03. The van der Waals surface area contributed by atoms with Gasteiger partial charge in [0.2, 0.25) is 0 Å². The van der Waals surface area contributed by atoms with Crippen LogP contribution in [0.15, 0.2) is 30.3 Å². The summed E-state index contributed by atoms with van der Waals surface area (Å²) in [6.07, 6.45) is 4.86. The fourth-order valence-corrected chi connectivity index (χ4v) is 4.95. The van der Waals surface area contributed by atoms with Gasteiger partial charge in [-0.25, -0.2) is 0 Å². The molecule has 0 spiro atoms. The van der Waals surface area contributed by atoms with Gasteiger partial charge in [-0.3, -0.25) is 4.21 Å². The molecule has 2 nitrogen and oxygen atoms in total. The lowest BCUT2D eigenvalue weighted by atomic mass is 9.90. The summed E-state index contributed by atoms with van der Waals surface area (Å²) < 4.78 is 12.8. The third kappa shape index (κ3) is 3.67. The maximum absolute atomic E-state index is 12.8. The predicted octanol–water partition coefficient (Wildman–Crippen LogP) is 3.97. The van der Waals surface area contributed by atoms with Gasteiger partial charge in [-0.05, 0) is 24.3 Å². The van der Waals surface area contributed by atoms with Crippen molar-refractivity contribution in [3.8, 4) is 6.07 Å². The van der Waals surface area contributed by atoms with E-state index in [1.54, 1.807) is 0 Å². The van der Waals surface area contributed by atoms with E-state index in [1.165, 1.54) is 12.8 Å². The SMILES string of the molecule is CC1CCCC(S(=O)C(CC#N)c2ccccc2)C1. The van der Waals surface area contributed by atoms with E-state index in [0.29, 0.717) is 12.3 Å². The molecule has 1 aliphatic carbocycles. The van der Waals surface area contributed by atoms with Gasteiger partial charge in [0.05, 0.1) is 17.7 Å². The molecule has 1 fully saturated rings. The van der Waals surface area contributed by atoms with Crippen molar-refractivity contribution in [1.82, 2.24) is 0 Å². The van der Waals surface area contributed by atoms with E-state index in [4.69, 9.17) is 5.26 Å². The Labute approximate surface area is 118 Å². The van der Waals surface area contributed by atoms with E-state index in [2.05, 4.69) is 13.0 Å². The molecular weight excluding hydrogens is 254 g/mol. The van der Waals surface area contributed by atoms with Crippen molar-refractivity contribution in [2.24, 2.45) is 5.92 Å². The lowest BCUT2D eigenvalue weighted by Crippen LogP contribution is -2.26. The second-order valence-electron chi connectivity index (χ2n) is 5.48. The molecule has 19 heavy (non-hydrogen) atoms. The Bertz CT molecular complexity index is 465. The Hall–Kier alpha value is -1.14. The molecule has 0 aliphatic heterocycles. The van der Waals surface area contributed by atoms with Crippen LogP contribution in [0, 0.1) is 17.2 Å². The Morgan fingerprint density at radius 3 is 2.74 bits per heavy atom. The molecule has 1 aliphatic rings. The molecule has 3 heteroatoms. The fourth-order valence-electron chi connectivity index (χ4n) is 2.91. The van der Waals surface area contributed by atoms with Crippen molar-refractivity contribution < 1.29 is 4.21 Å². The number of nitrogens with zero attached hydrogens (tertiary/aromatic N) is 1. The van der Waals surface area contributed by atoms with Crippen LogP contribution >= 0.6 is 0 Å². The lowest BCUT2D eigenvalue weighted by molar-refractivity contribution is 0.388. The Balaban J connectivity index is 2.15. The quantitative estimate of drug-likeness (QED) is 0.834. The molecule has 0 saturated heterocycles. The third-order valence-electron chi connectivity index (χ3n) is 3.95. The van der Waals surface area contributed by atoms with E-state index in [9.17, 15) is 4.21 Å². The fraction of sp³-hybridized carbons (Fsp3) is 0.562. The van der Waals surface area contributed by atoms with Gasteiger partial charge in [0.15, 0.2) is 0 Å². The maximum atomic E-state index is 12.8. The van der Waals surface area contributed by atoms with E-state index >= 15 is 0 Å². The van der Waals surface area contributed by atoms with Crippen molar-refractivity contribution in [3.05, 3.63) is 35.9 Å². The van der Waals surface area contributed by atoms with Crippen LogP contribution < -0.4 is 0 Å². The van der Waals surface area contributed by atoms with E-state index in [-0.39, 0.29) is 10.5 Å². The van der Waals surface area contributed by atoms with Crippen molar-refractivity contribution in [3.63, 3.8) is 0 Å². The molecule has 4 unspecified atom stereocenters. The predicted molar refractivity (Wildman–Crippen MR) is 79.0 cm³/mol. The topological polar surface area (TPSA) is 40.9 Å². The second kappa shape index (κ2) is 6.86. The average Bonchev–Trinajstić information content (AvgIpc) is 2.45. The van der Waals surface area contributed by atoms with Gasteiger partial charge in [0.1, 0.15) is 0 Å². The van der Waals surface area contributed by atoms with Crippen LogP contribution in [0.2, 0.25) is 0 Å². The molecule has 1 aromatic rings. The van der Waals surface area contributed by atoms with Crippen LogP contribution in [0.1, 0.15) is 49.8 Å². The molecule has 2 rings (SSSR count). The molecule has 0 N–H and O–H groups in total. The molecule has 1 aromatic carbocycles. The van der Waals surface area contributed by atoms with Gasteiger partial charge in [-0.15, -0.1) is 0 Å². The van der Waals surface area contributed by atoms with Crippen LogP contribution in [0.25, 0.3) is 0 Å². The van der Waals surface area contributed by atoms with Crippen molar-refractivity contribution in [1.29, 1.82) is 5.26 Å². The van der Waals surface area contributed by atoms with Gasteiger partial charge in [-0.1, -0.05) is 50.1 Å². The normalized spacial score (nSPS) is 26.3. The zero-order valence-corrected chi connectivity index (χ0v) is 12.2. The summed E-state index contributed by atoms with van der Waals surface area (Å²) in [7, 11) is -0.938. The molecule has 0 bridgehead atoms. The molecule has 1 saturated carbocycles. The number of hydrogen-bond donors (Lipinski definition) is 0. The maximum Gasteiger partial charge on any atom is 0.0729 e. The highest BCUT2D eigenvalue weighted by Crippen LogP contribution is 2.34. The van der Waals surface area contributed by atoms with Crippen LogP contribution in [0.5, 0.6) is 0 Å². The van der Waals surface area contributed by atoms with Crippen LogP contribution in [0.3, 0.4) is 0 Å². The first-order valence-corrected chi connectivity index (χ1v) is 8.31. The zero-order valence-electron chi connectivity index (χ0n) is 11.4. The Morgan fingerprint density at radius 1 is 1.37 bits per heavy atom. The van der Waals surface area contributed by atoms with Gasteiger partial charge in [0.25, 0.3) is 0 Å². The minimum Gasteiger partial charge on any atom is -0.259 e. The molecular formula is C16H21NOS. The summed E-state index contributed by atoms with van der Waals surface area (Å²) in [5.41, 5.74) is 1.04. The summed E-state index contributed by atoms with van der Waals surface area (Å²) >= 11 is 0. The molecule has 0 aromatic heterocycles. The first-order valence-electron chi connectivity index (χ1n) is 7.03. The van der Waals surface area contributed by atoms with Crippen LogP contribution in [0.4, 0.5) is 0 Å². The van der Waals surface area contributed by atoms with Crippen molar-refractivity contribution in [2.45, 2.75) is 49.5 Å². The van der Waals surface area contributed by atoms with Crippen LogP contribution in [-0.4, -0.2) is 9.46 Å². The highest BCUT2D eigenvalue weighted by atomic mass is 32.2. The zero-order chi connectivity index (χ0) is 13.7. The van der Waals surface area contributed by atoms with Crippen molar-refractivity contribution >= 4 is 10.8 Å². The van der Waals surface area contributed by atoms with Gasteiger partial charge in [-0.2, -0.15) is 5.26 Å². The average molecular weight is 275 g/mol. The van der Waals surface area contributed by atoms with Crippen molar-refractivity contribution in [2.75, 3.05) is 0 Å². The largest absolute Gasteiger partial charge is 0.259 e. The van der Waals surface area contributed by atoms with Gasteiger partial charge in [0, 0.05) is 16.0 Å². The minimum absolute atomic E-state index is 0.124. The number of rotatable bonds is 4. The smallest absolute Gasteiger partial charge is 0.0729 e. The van der Waals surface area contributed by atoms with Gasteiger partial charge < -0.3 is 0 Å². The monoisotopic (exact) mass is 275 g/mol. The van der Waals surface area contributed by atoms with E-state index in [0.717, 1.165) is 18.4 Å². The first kappa shape index (κ1) is 14.3. The molecule has 0 radical (unpaired) electrons. The molecule has 0 heterocycles. The Kier molecular flexibility index (Phi) is 5.15. The number of hydrogen-bond acceptors (Lipinski definition) is 2. The highest BCUT2D eigenvalue weighted by Gasteiger charge is 2.29. The molecule has 0 amide bonds. The summed E-state index contributed by atoms with van der Waals surface area (Å²) in [6, 6.07) is 12.1. The standard InChI is InChI=1S/C16H21NOS/c1-13-6-5-9-15(12-13)19(18)16(10-11-17)14-7-3-2-4-8-14/h2-4,7-8,13,15-16H,5-6,9-10,12H2,1H3. The van der Waals surface area contributed by atoms with E-state index in [1.807, 2.05) is 30.3 Å². The summed E-state index contributed by atoms with van der Waals surface area (Å²) in [6.45, 7) is 2.24. The summed E-state index contributed by atoms with van der Waals surface area (Å²) in [5.74, 6) is 0.668. The summed E-state index contributed by atoms with van der Waals surface area (Å²) in [4.78, 5) is 0. The minimum atomic E-state index is -0.938. The lowest BCUT2D eigenvalue weighted by Gasteiger charge is -2.29. The molecule has 102 valence electrons. The van der Waals surface area contributed by atoms with Crippen LogP contribution in [-0.2, 0) is 10.8 Å². The highest BCUT2D eigenvalue weighted by molar-refractivity contribution is 7.85. The summed E-state index contributed by atoms with van der Waals surface area (Å²) in [5, 5.41) is 9.16. The molecule has 4 atom stereocenters. The van der Waals surface area contributed by atoms with E-state index < -0.39 is 10.8 Å². The number of nitriles is 1. The van der Waals surface area contributed by atoms with Gasteiger partial charge >= 0.3 is 0 Å². The Morgan fingerprint density at radius 2 is 2.11 bits per heavy atom. The second-order valence-corrected chi connectivity index (χ2v) is 7.38. The first-order chi connectivity index (χ1) is 9.22.